The molecule has 0 aromatic carbocycles. The van der Waals surface area contributed by atoms with Crippen molar-refractivity contribution in [3.63, 3.8) is 0 Å². The van der Waals surface area contributed by atoms with Crippen molar-refractivity contribution < 1.29 is 14.6 Å². The Morgan fingerprint density at radius 2 is 2.14 bits per heavy atom. The normalized spacial score (nSPS) is 23.8. The molecule has 1 aliphatic rings. The van der Waals surface area contributed by atoms with Gasteiger partial charge in [0.05, 0.1) is 12.1 Å². The zero-order valence-corrected chi connectivity index (χ0v) is 13.8. The molecule has 6 nitrogen and oxygen atoms in total. The Morgan fingerprint density at radius 3 is 2.71 bits per heavy atom. The van der Waals surface area contributed by atoms with Crippen LogP contribution in [0, 0.1) is 0 Å². The van der Waals surface area contributed by atoms with Gasteiger partial charge in [-0.1, -0.05) is 0 Å². The number of ether oxygens (including phenoxy) is 1. The summed E-state index contributed by atoms with van der Waals surface area (Å²) in [5, 5.41) is 12.5. The van der Waals surface area contributed by atoms with E-state index in [9.17, 15) is 9.90 Å². The van der Waals surface area contributed by atoms with Gasteiger partial charge in [-0.25, -0.2) is 0 Å². The number of nitrogens with zero attached hydrogens (tertiary/aromatic N) is 2. The summed E-state index contributed by atoms with van der Waals surface area (Å²) < 4.78 is 4.97. The van der Waals surface area contributed by atoms with Crippen LogP contribution < -0.4 is 5.32 Å². The van der Waals surface area contributed by atoms with Crippen molar-refractivity contribution in [1.29, 1.82) is 0 Å². The van der Waals surface area contributed by atoms with Gasteiger partial charge in [-0.3, -0.25) is 14.6 Å². The van der Waals surface area contributed by atoms with Crippen molar-refractivity contribution in [2.24, 2.45) is 0 Å². The average molecular weight is 301 g/mol. The molecule has 0 unspecified atom stereocenters. The zero-order chi connectivity index (χ0) is 15.8. The third-order valence-corrected chi connectivity index (χ3v) is 4.05. The molecular formula is C15H31N3O3. The standard InChI is InChI=1S/C15H31N3O3/c1-12-10-18(8-7-17(12)11-13(2)19)14(3)15(20)16-6-5-9-21-4/h12-14,19H,5-11H2,1-4H3,(H,16,20)/t12-,13-,14-/m0/s1. The van der Waals surface area contributed by atoms with Crippen LogP contribution in [0.2, 0.25) is 0 Å². The third-order valence-electron chi connectivity index (χ3n) is 4.05. The molecule has 0 saturated carbocycles. The second kappa shape index (κ2) is 9.35. The fourth-order valence-electron chi connectivity index (χ4n) is 2.73. The first kappa shape index (κ1) is 18.4. The van der Waals surface area contributed by atoms with Gasteiger partial charge in [-0.05, 0) is 27.2 Å². The molecule has 0 radical (unpaired) electrons. The maximum absolute atomic E-state index is 12.1. The van der Waals surface area contributed by atoms with Gasteiger partial charge in [0.25, 0.3) is 0 Å². The summed E-state index contributed by atoms with van der Waals surface area (Å²) in [6.45, 7) is 10.6. The van der Waals surface area contributed by atoms with E-state index in [0.29, 0.717) is 25.7 Å². The van der Waals surface area contributed by atoms with Crippen LogP contribution in [0.4, 0.5) is 0 Å². The van der Waals surface area contributed by atoms with Gasteiger partial charge in [0.15, 0.2) is 0 Å². The van der Waals surface area contributed by atoms with Crippen LogP contribution in [-0.4, -0.2) is 85.4 Å². The molecule has 1 saturated heterocycles. The highest BCUT2D eigenvalue weighted by Gasteiger charge is 2.29. The number of carbonyl (C=O) groups is 1. The van der Waals surface area contributed by atoms with Crippen LogP contribution in [-0.2, 0) is 9.53 Å². The number of nitrogens with one attached hydrogen (secondary N) is 1. The van der Waals surface area contributed by atoms with Gasteiger partial charge >= 0.3 is 0 Å². The second-order valence-corrected chi connectivity index (χ2v) is 6.00. The highest BCUT2D eigenvalue weighted by Crippen LogP contribution is 2.13. The molecule has 3 atom stereocenters. The predicted molar refractivity (Wildman–Crippen MR) is 83.3 cm³/mol. The fraction of sp³-hybridized carbons (Fsp3) is 0.933. The zero-order valence-electron chi connectivity index (χ0n) is 13.8. The number of aliphatic hydroxyl groups excluding tert-OH is 1. The number of β-amino-alcohol motifs (C(OH)–C–C–N with tert-alkyl or cyclic N) is 1. The molecule has 21 heavy (non-hydrogen) atoms. The number of rotatable bonds is 8. The van der Waals surface area contributed by atoms with Gasteiger partial charge in [-0.2, -0.15) is 0 Å². The summed E-state index contributed by atoms with van der Waals surface area (Å²) in [7, 11) is 1.67. The minimum Gasteiger partial charge on any atom is -0.392 e. The molecular weight excluding hydrogens is 270 g/mol. The van der Waals surface area contributed by atoms with E-state index in [2.05, 4.69) is 22.0 Å². The Labute approximate surface area is 128 Å². The minimum absolute atomic E-state index is 0.0854. The molecule has 0 aromatic heterocycles. The van der Waals surface area contributed by atoms with E-state index in [1.165, 1.54) is 0 Å². The van der Waals surface area contributed by atoms with Gasteiger partial charge in [0.2, 0.25) is 5.91 Å². The Bertz CT molecular complexity index is 313. The van der Waals surface area contributed by atoms with Crippen LogP contribution in [0.25, 0.3) is 0 Å². The van der Waals surface area contributed by atoms with E-state index >= 15 is 0 Å². The van der Waals surface area contributed by atoms with E-state index in [-0.39, 0.29) is 18.1 Å². The van der Waals surface area contributed by atoms with Crippen molar-refractivity contribution in [1.82, 2.24) is 15.1 Å². The van der Waals surface area contributed by atoms with Gasteiger partial charge in [0.1, 0.15) is 0 Å². The minimum atomic E-state index is -0.305. The van der Waals surface area contributed by atoms with Crippen LogP contribution in [0.3, 0.4) is 0 Å². The van der Waals surface area contributed by atoms with Gasteiger partial charge in [0, 0.05) is 52.5 Å². The molecule has 0 spiro atoms. The van der Waals surface area contributed by atoms with Gasteiger partial charge in [-0.15, -0.1) is 0 Å². The van der Waals surface area contributed by atoms with Crippen LogP contribution >= 0.6 is 0 Å². The number of piperazine rings is 1. The monoisotopic (exact) mass is 301 g/mol. The first-order chi connectivity index (χ1) is 9.95. The lowest BCUT2D eigenvalue weighted by molar-refractivity contribution is -0.127. The van der Waals surface area contributed by atoms with Crippen molar-refractivity contribution in [2.45, 2.75) is 45.4 Å². The number of methoxy groups -OCH3 is 1. The lowest BCUT2D eigenvalue weighted by atomic mass is 10.1. The predicted octanol–water partition coefficient (Wildman–Crippen LogP) is -0.0855. The summed E-state index contributed by atoms with van der Waals surface area (Å²) in [5.41, 5.74) is 0. The Hall–Kier alpha value is -0.690. The van der Waals surface area contributed by atoms with E-state index in [4.69, 9.17) is 4.74 Å². The summed E-state index contributed by atoms with van der Waals surface area (Å²) in [5.74, 6) is 0.0854. The fourth-order valence-corrected chi connectivity index (χ4v) is 2.73. The lowest BCUT2D eigenvalue weighted by Crippen LogP contribution is -2.58. The average Bonchev–Trinajstić information content (AvgIpc) is 2.44. The smallest absolute Gasteiger partial charge is 0.237 e. The SMILES string of the molecule is COCCCNC(=O)[C@H](C)N1CCN(C[C@H](C)O)[C@@H](C)C1. The number of amides is 1. The van der Waals surface area contributed by atoms with E-state index in [1.807, 2.05) is 13.8 Å². The lowest BCUT2D eigenvalue weighted by Gasteiger charge is -2.42. The first-order valence-electron chi connectivity index (χ1n) is 7.88. The third kappa shape index (κ3) is 6.30. The van der Waals surface area contributed by atoms with Crippen molar-refractivity contribution in [3.8, 4) is 0 Å². The molecule has 1 amide bonds. The quantitative estimate of drug-likeness (QED) is 0.614. The molecule has 1 aliphatic heterocycles. The van der Waals surface area contributed by atoms with Crippen molar-refractivity contribution in [3.05, 3.63) is 0 Å². The van der Waals surface area contributed by atoms with Gasteiger partial charge < -0.3 is 15.2 Å². The summed E-state index contributed by atoms with van der Waals surface area (Å²) in [4.78, 5) is 16.6. The Balaban J connectivity index is 2.35. The highest BCUT2D eigenvalue weighted by atomic mass is 16.5. The first-order valence-corrected chi connectivity index (χ1v) is 7.88. The molecule has 2 N–H and O–H groups in total. The molecule has 0 aromatic rings. The van der Waals surface area contributed by atoms with Crippen LogP contribution in [0.15, 0.2) is 0 Å². The van der Waals surface area contributed by atoms with Crippen molar-refractivity contribution in [2.75, 3.05) is 46.4 Å². The van der Waals surface area contributed by atoms with Crippen LogP contribution in [0.1, 0.15) is 27.2 Å². The molecule has 1 heterocycles. The van der Waals surface area contributed by atoms with Crippen molar-refractivity contribution >= 4 is 5.91 Å². The largest absolute Gasteiger partial charge is 0.392 e. The summed E-state index contributed by atoms with van der Waals surface area (Å²) >= 11 is 0. The maximum Gasteiger partial charge on any atom is 0.237 e. The van der Waals surface area contributed by atoms with E-state index < -0.39 is 0 Å². The molecule has 124 valence electrons. The van der Waals surface area contributed by atoms with E-state index in [0.717, 1.165) is 26.1 Å². The second-order valence-electron chi connectivity index (χ2n) is 6.00. The number of carbonyl (C=O) groups excluding carboxylic acids is 1. The molecule has 1 rings (SSSR count). The molecule has 1 fully saturated rings. The molecule has 0 aliphatic carbocycles. The van der Waals surface area contributed by atoms with Crippen LogP contribution in [0.5, 0.6) is 0 Å². The topological polar surface area (TPSA) is 65.0 Å². The summed E-state index contributed by atoms with van der Waals surface area (Å²) in [6.07, 6.45) is 0.536. The number of aliphatic hydroxyl groups is 1. The Kier molecular flexibility index (Phi) is 8.18. The maximum atomic E-state index is 12.1. The van der Waals surface area contributed by atoms with E-state index in [1.54, 1.807) is 7.11 Å². The highest BCUT2D eigenvalue weighted by molar-refractivity contribution is 5.81. The Morgan fingerprint density at radius 1 is 1.43 bits per heavy atom. The molecule has 0 bridgehead atoms. The number of hydrogen-bond acceptors (Lipinski definition) is 5. The number of hydrogen-bond donors (Lipinski definition) is 2. The summed E-state index contributed by atoms with van der Waals surface area (Å²) in [6, 6.07) is 0.251. The molecule has 6 heteroatoms.